The zero-order chi connectivity index (χ0) is 11.2. The van der Waals surface area contributed by atoms with Crippen LogP contribution in [0.4, 0.5) is 0 Å². The molecule has 0 bridgehead atoms. The Labute approximate surface area is 101 Å². The van der Waals surface area contributed by atoms with Crippen molar-refractivity contribution < 1.29 is 4.74 Å². The van der Waals surface area contributed by atoms with Crippen LogP contribution < -0.4 is 4.74 Å². The maximum atomic E-state index is 5.12. The first-order valence-corrected chi connectivity index (χ1v) is 6.14. The Bertz CT molecular complexity index is 415. The smallest absolute Gasteiger partial charge is 0.118 e. The second-order valence-corrected chi connectivity index (χ2v) is 4.54. The Balaban J connectivity index is 2.00. The van der Waals surface area contributed by atoms with Crippen LogP contribution in [-0.2, 0) is 0 Å². The number of methoxy groups -OCH3 is 1. The number of thioether (sulfide) groups is 1. The molecule has 82 valence electrons. The largest absolute Gasteiger partial charge is 0.497 e. The van der Waals surface area contributed by atoms with Crippen molar-refractivity contribution in [3.63, 3.8) is 0 Å². The zero-order valence-corrected chi connectivity index (χ0v) is 9.98. The highest BCUT2D eigenvalue weighted by Gasteiger charge is 2.00. The number of benzene rings is 1. The Morgan fingerprint density at radius 1 is 1.19 bits per heavy atom. The van der Waals surface area contributed by atoms with Crippen LogP contribution in [0.25, 0.3) is 6.08 Å². The first-order chi connectivity index (χ1) is 7.88. The minimum absolute atomic E-state index is 0.451. The Morgan fingerprint density at radius 2 is 2.00 bits per heavy atom. The van der Waals surface area contributed by atoms with E-state index in [0.717, 1.165) is 5.75 Å². The lowest BCUT2D eigenvalue weighted by molar-refractivity contribution is 0.415. The van der Waals surface area contributed by atoms with Crippen molar-refractivity contribution in [2.24, 2.45) is 0 Å². The lowest BCUT2D eigenvalue weighted by atomic mass is 10.2. The molecule has 1 aliphatic heterocycles. The predicted octanol–water partition coefficient (Wildman–Crippen LogP) is 3.89. The van der Waals surface area contributed by atoms with E-state index < -0.39 is 0 Å². The molecule has 0 amide bonds. The van der Waals surface area contributed by atoms with Gasteiger partial charge in [-0.05, 0) is 23.1 Å². The van der Waals surface area contributed by atoms with Crippen molar-refractivity contribution in [2.45, 2.75) is 5.25 Å². The summed E-state index contributed by atoms with van der Waals surface area (Å²) in [4.78, 5) is 0. The van der Waals surface area contributed by atoms with Gasteiger partial charge in [0.1, 0.15) is 5.75 Å². The predicted molar refractivity (Wildman–Crippen MR) is 71.7 cm³/mol. The molecule has 0 saturated heterocycles. The molecule has 0 radical (unpaired) electrons. The monoisotopic (exact) mass is 230 g/mol. The normalized spacial score (nSPS) is 19.2. The summed E-state index contributed by atoms with van der Waals surface area (Å²) in [5.41, 5.74) is 1.20. The molecule has 2 rings (SSSR count). The van der Waals surface area contributed by atoms with E-state index in [1.54, 1.807) is 7.11 Å². The van der Waals surface area contributed by atoms with Gasteiger partial charge >= 0.3 is 0 Å². The summed E-state index contributed by atoms with van der Waals surface area (Å²) >= 11 is 1.81. The standard InChI is InChI=1S/C14H14OS/c1-15-13-8-5-12(6-9-13)7-10-14-4-2-3-11-16-14/h2-11,14H,1H3/b10-7+. The molecular weight excluding hydrogens is 216 g/mol. The van der Waals surface area contributed by atoms with E-state index in [4.69, 9.17) is 4.74 Å². The van der Waals surface area contributed by atoms with Gasteiger partial charge in [0.2, 0.25) is 0 Å². The van der Waals surface area contributed by atoms with E-state index in [9.17, 15) is 0 Å². The van der Waals surface area contributed by atoms with E-state index in [1.165, 1.54) is 5.56 Å². The van der Waals surface area contributed by atoms with Gasteiger partial charge in [-0.1, -0.05) is 42.5 Å². The third-order valence-electron chi connectivity index (χ3n) is 2.32. The molecule has 1 aromatic carbocycles. The second-order valence-electron chi connectivity index (χ2n) is 3.45. The van der Waals surface area contributed by atoms with Gasteiger partial charge in [-0.25, -0.2) is 0 Å². The van der Waals surface area contributed by atoms with E-state index in [-0.39, 0.29) is 0 Å². The Hall–Kier alpha value is -1.41. The maximum absolute atomic E-state index is 5.12. The summed E-state index contributed by atoms with van der Waals surface area (Å²) in [6.07, 6.45) is 10.7. The van der Waals surface area contributed by atoms with Gasteiger partial charge in [-0.3, -0.25) is 0 Å². The Morgan fingerprint density at radius 3 is 2.62 bits per heavy atom. The number of rotatable bonds is 3. The number of ether oxygens (including phenoxy) is 1. The quantitative estimate of drug-likeness (QED) is 0.779. The summed E-state index contributed by atoms with van der Waals surface area (Å²) in [5.74, 6) is 0.895. The van der Waals surface area contributed by atoms with Gasteiger partial charge in [0.25, 0.3) is 0 Å². The van der Waals surface area contributed by atoms with Gasteiger partial charge in [-0.2, -0.15) is 0 Å². The molecular formula is C14H14OS. The number of allylic oxidation sites excluding steroid dienone is 2. The molecule has 1 nitrogen and oxygen atoms in total. The van der Waals surface area contributed by atoms with Crippen LogP contribution in [0, 0.1) is 0 Å². The summed E-state index contributed by atoms with van der Waals surface area (Å²) in [7, 11) is 1.68. The van der Waals surface area contributed by atoms with Gasteiger partial charge in [0.05, 0.1) is 7.11 Å². The van der Waals surface area contributed by atoms with Crippen LogP contribution in [0.2, 0.25) is 0 Å². The Kier molecular flexibility index (Phi) is 3.89. The lowest BCUT2D eigenvalue weighted by Crippen LogP contribution is -1.92. The summed E-state index contributed by atoms with van der Waals surface area (Å²) in [6.45, 7) is 0. The summed E-state index contributed by atoms with van der Waals surface area (Å²) in [6, 6.07) is 8.07. The van der Waals surface area contributed by atoms with Gasteiger partial charge in [0.15, 0.2) is 0 Å². The summed E-state index contributed by atoms with van der Waals surface area (Å²) in [5, 5.41) is 2.57. The van der Waals surface area contributed by atoms with Crippen molar-refractivity contribution >= 4 is 17.8 Å². The average Bonchev–Trinajstić information content (AvgIpc) is 2.38. The topological polar surface area (TPSA) is 9.23 Å². The van der Waals surface area contributed by atoms with E-state index in [2.05, 4.69) is 47.9 Å². The molecule has 0 fully saturated rings. The minimum Gasteiger partial charge on any atom is -0.497 e. The van der Waals surface area contributed by atoms with Gasteiger partial charge in [0, 0.05) is 5.25 Å². The van der Waals surface area contributed by atoms with Crippen LogP contribution in [0.5, 0.6) is 5.75 Å². The highest BCUT2D eigenvalue weighted by atomic mass is 32.2. The molecule has 0 saturated carbocycles. The molecule has 0 aromatic heterocycles. The molecule has 0 spiro atoms. The fourth-order valence-corrected chi connectivity index (χ4v) is 2.14. The SMILES string of the molecule is COc1ccc(/C=C/C2C=CC=CS2)cc1. The van der Waals surface area contributed by atoms with Gasteiger partial charge in [-0.15, -0.1) is 11.8 Å². The molecule has 16 heavy (non-hydrogen) atoms. The highest BCUT2D eigenvalue weighted by Crippen LogP contribution is 2.20. The van der Waals surface area contributed by atoms with Crippen molar-refractivity contribution in [3.8, 4) is 5.75 Å². The fraction of sp³-hybridized carbons (Fsp3) is 0.143. The first-order valence-electron chi connectivity index (χ1n) is 5.19. The lowest BCUT2D eigenvalue weighted by Gasteiger charge is -2.06. The van der Waals surface area contributed by atoms with Crippen LogP contribution in [0.3, 0.4) is 0 Å². The van der Waals surface area contributed by atoms with Crippen molar-refractivity contribution in [3.05, 3.63) is 59.5 Å². The molecule has 1 unspecified atom stereocenters. The van der Waals surface area contributed by atoms with Crippen molar-refractivity contribution in [1.29, 1.82) is 0 Å². The van der Waals surface area contributed by atoms with Crippen molar-refractivity contribution in [2.75, 3.05) is 7.11 Å². The average molecular weight is 230 g/mol. The van der Waals surface area contributed by atoms with E-state index in [0.29, 0.717) is 5.25 Å². The molecule has 1 aliphatic rings. The molecule has 2 heteroatoms. The first kappa shape index (κ1) is 11.1. The second kappa shape index (κ2) is 5.61. The van der Waals surface area contributed by atoms with E-state index >= 15 is 0 Å². The van der Waals surface area contributed by atoms with Crippen LogP contribution in [-0.4, -0.2) is 12.4 Å². The minimum atomic E-state index is 0.451. The molecule has 0 aliphatic carbocycles. The maximum Gasteiger partial charge on any atom is 0.118 e. The molecule has 1 heterocycles. The third kappa shape index (κ3) is 3.04. The third-order valence-corrected chi connectivity index (χ3v) is 3.26. The fourth-order valence-electron chi connectivity index (χ4n) is 1.43. The molecule has 1 aromatic rings. The van der Waals surface area contributed by atoms with Crippen molar-refractivity contribution in [1.82, 2.24) is 0 Å². The number of hydrogen-bond donors (Lipinski definition) is 0. The molecule has 1 atom stereocenters. The highest BCUT2D eigenvalue weighted by molar-refractivity contribution is 8.03. The molecule has 0 N–H and O–H groups in total. The van der Waals surface area contributed by atoms with Crippen LogP contribution in [0.15, 0.2) is 54.0 Å². The van der Waals surface area contributed by atoms with Crippen LogP contribution >= 0.6 is 11.8 Å². The zero-order valence-electron chi connectivity index (χ0n) is 9.17. The number of hydrogen-bond acceptors (Lipinski definition) is 2. The van der Waals surface area contributed by atoms with E-state index in [1.807, 2.05) is 23.9 Å². The van der Waals surface area contributed by atoms with Crippen LogP contribution in [0.1, 0.15) is 5.56 Å². The summed E-state index contributed by atoms with van der Waals surface area (Å²) < 4.78 is 5.12. The van der Waals surface area contributed by atoms with Gasteiger partial charge < -0.3 is 4.74 Å².